The zero-order valence-electron chi connectivity index (χ0n) is 13.7. The minimum Gasteiger partial charge on any atom is -0.382 e. The molecule has 5 nitrogen and oxygen atoms in total. The SMILES string of the molecule is Nc1nc2ccccc2c2c1nc1n2[C@H](Cc2ccccc2)COC1. The highest BCUT2D eigenvalue weighted by molar-refractivity contribution is 6.06. The largest absolute Gasteiger partial charge is 0.382 e. The summed E-state index contributed by atoms with van der Waals surface area (Å²) in [6.45, 7) is 1.18. The van der Waals surface area contributed by atoms with Crippen LogP contribution in [0, 0.1) is 0 Å². The number of imidazole rings is 1. The lowest BCUT2D eigenvalue weighted by atomic mass is 10.0. The molecule has 0 bridgehead atoms. The minimum atomic E-state index is 0.196. The van der Waals surface area contributed by atoms with Crippen LogP contribution in [-0.4, -0.2) is 21.1 Å². The van der Waals surface area contributed by atoms with Crippen molar-refractivity contribution < 1.29 is 4.74 Å². The first-order valence-electron chi connectivity index (χ1n) is 8.48. The molecule has 0 saturated carbocycles. The lowest BCUT2D eigenvalue weighted by molar-refractivity contribution is 0.0567. The van der Waals surface area contributed by atoms with E-state index in [2.05, 4.69) is 39.9 Å². The van der Waals surface area contributed by atoms with Crippen molar-refractivity contribution in [3.63, 3.8) is 0 Å². The highest BCUT2D eigenvalue weighted by Crippen LogP contribution is 2.34. The van der Waals surface area contributed by atoms with Crippen LogP contribution >= 0.6 is 0 Å². The number of anilines is 1. The van der Waals surface area contributed by atoms with E-state index in [1.165, 1.54) is 5.56 Å². The molecule has 1 atom stereocenters. The molecule has 2 aromatic heterocycles. The molecule has 124 valence electrons. The molecule has 0 aliphatic carbocycles. The quantitative estimate of drug-likeness (QED) is 0.611. The summed E-state index contributed by atoms with van der Waals surface area (Å²) in [5.41, 5.74) is 10.2. The fourth-order valence-electron chi connectivity index (χ4n) is 3.76. The summed E-state index contributed by atoms with van der Waals surface area (Å²) in [7, 11) is 0. The van der Waals surface area contributed by atoms with E-state index in [0.717, 1.165) is 34.2 Å². The van der Waals surface area contributed by atoms with Crippen LogP contribution in [0.4, 0.5) is 5.82 Å². The molecular weight excluding hydrogens is 312 g/mol. The number of hydrogen-bond acceptors (Lipinski definition) is 4. The molecule has 5 heteroatoms. The molecule has 3 heterocycles. The van der Waals surface area contributed by atoms with E-state index in [4.69, 9.17) is 15.5 Å². The van der Waals surface area contributed by atoms with Crippen LogP contribution in [-0.2, 0) is 17.8 Å². The van der Waals surface area contributed by atoms with Gasteiger partial charge in [-0.05, 0) is 18.1 Å². The monoisotopic (exact) mass is 330 g/mol. The first-order chi connectivity index (χ1) is 12.3. The van der Waals surface area contributed by atoms with Gasteiger partial charge in [0.2, 0.25) is 0 Å². The van der Waals surface area contributed by atoms with Crippen LogP contribution in [0.5, 0.6) is 0 Å². The number of pyridine rings is 1. The number of fused-ring (bicyclic) bond motifs is 5. The average Bonchev–Trinajstić information content (AvgIpc) is 3.04. The summed E-state index contributed by atoms with van der Waals surface area (Å²) in [5.74, 6) is 1.40. The van der Waals surface area contributed by atoms with Crippen LogP contribution in [0.15, 0.2) is 54.6 Å². The second kappa shape index (κ2) is 5.57. The van der Waals surface area contributed by atoms with Gasteiger partial charge in [-0.1, -0.05) is 48.5 Å². The molecule has 0 saturated heterocycles. The molecule has 0 unspecified atom stereocenters. The van der Waals surface area contributed by atoms with E-state index < -0.39 is 0 Å². The number of ether oxygens (including phenoxy) is 1. The maximum Gasteiger partial charge on any atom is 0.152 e. The van der Waals surface area contributed by atoms with Crippen molar-refractivity contribution in [2.45, 2.75) is 19.1 Å². The van der Waals surface area contributed by atoms with Crippen molar-refractivity contribution in [3.05, 3.63) is 66.0 Å². The predicted octanol–water partition coefficient (Wildman–Crippen LogP) is 3.48. The molecule has 4 aromatic rings. The Kier molecular flexibility index (Phi) is 3.21. The second-order valence-electron chi connectivity index (χ2n) is 6.47. The van der Waals surface area contributed by atoms with Gasteiger partial charge in [-0.25, -0.2) is 9.97 Å². The maximum absolute atomic E-state index is 6.20. The van der Waals surface area contributed by atoms with Gasteiger partial charge in [-0.2, -0.15) is 0 Å². The molecule has 5 rings (SSSR count). The Balaban J connectivity index is 1.75. The van der Waals surface area contributed by atoms with Gasteiger partial charge in [-0.15, -0.1) is 0 Å². The Morgan fingerprint density at radius 3 is 2.72 bits per heavy atom. The number of nitrogens with two attached hydrogens (primary N) is 1. The number of nitrogens with zero attached hydrogens (tertiary/aromatic N) is 3. The molecular formula is C20H18N4O. The van der Waals surface area contributed by atoms with Crippen LogP contribution in [0.1, 0.15) is 17.4 Å². The lowest BCUT2D eigenvalue weighted by Gasteiger charge is -2.26. The van der Waals surface area contributed by atoms with Crippen molar-refractivity contribution >= 4 is 27.8 Å². The van der Waals surface area contributed by atoms with E-state index in [1.54, 1.807) is 0 Å². The summed E-state index contributed by atoms with van der Waals surface area (Å²) < 4.78 is 8.13. The van der Waals surface area contributed by atoms with Gasteiger partial charge in [0.1, 0.15) is 17.9 Å². The van der Waals surface area contributed by atoms with E-state index in [0.29, 0.717) is 19.0 Å². The predicted molar refractivity (Wildman–Crippen MR) is 98.3 cm³/mol. The topological polar surface area (TPSA) is 66.0 Å². The van der Waals surface area contributed by atoms with Crippen molar-refractivity contribution in [2.75, 3.05) is 12.3 Å². The smallest absolute Gasteiger partial charge is 0.152 e. The Morgan fingerprint density at radius 2 is 1.84 bits per heavy atom. The van der Waals surface area contributed by atoms with Crippen molar-refractivity contribution in [2.24, 2.45) is 0 Å². The van der Waals surface area contributed by atoms with Crippen LogP contribution in [0.3, 0.4) is 0 Å². The molecule has 0 fully saturated rings. The highest BCUT2D eigenvalue weighted by Gasteiger charge is 2.26. The van der Waals surface area contributed by atoms with Crippen molar-refractivity contribution in [1.82, 2.24) is 14.5 Å². The molecule has 0 amide bonds. The molecule has 1 aliphatic heterocycles. The second-order valence-corrected chi connectivity index (χ2v) is 6.47. The molecule has 0 spiro atoms. The summed E-state index contributed by atoms with van der Waals surface area (Å²) >= 11 is 0. The van der Waals surface area contributed by atoms with Gasteiger partial charge >= 0.3 is 0 Å². The minimum absolute atomic E-state index is 0.196. The zero-order chi connectivity index (χ0) is 16.8. The first kappa shape index (κ1) is 14.4. The Bertz CT molecular complexity index is 1070. The first-order valence-corrected chi connectivity index (χ1v) is 8.48. The molecule has 1 aliphatic rings. The van der Waals surface area contributed by atoms with E-state index in [9.17, 15) is 0 Å². The molecule has 25 heavy (non-hydrogen) atoms. The van der Waals surface area contributed by atoms with Gasteiger partial charge in [0.05, 0.1) is 23.7 Å². The third kappa shape index (κ3) is 2.27. The third-order valence-corrected chi connectivity index (χ3v) is 4.85. The fourth-order valence-corrected chi connectivity index (χ4v) is 3.76. The lowest BCUT2D eigenvalue weighted by Crippen LogP contribution is -2.25. The van der Waals surface area contributed by atoms with E-state index in [-0.39, 0.29) is 6.04 Å². The standard InChI is InChI=1S/C20H18N4O/c21-20-18-19(15-8-4-5-9-16(15)22-20)24-14(11-25-12-17(24)23-18)10-13-6-2-1-3-7-13/h1-9,14H,10-12H2,(H2,21,22)/t14-/m1/s1. The van der Waals surface area contributed by atoms with E-state index >= 15 is 0 Å². The van der Waals surface area contributed by atoms with Gasteiger partial charge < -0.3 is 15.0 Å². The Hall–Kier alpha value is -2.92. The normalized spacial score (nSPS) is 17.0. The van der Waals surface area contributed by atoms with Crippen LogP contribution < -0.4 is 5.73 Å². The highest BCUT2D eigenvalue weighted by atomic mass is 16.5. The number of hydrogen-bond donors (Lipinski definition) is 1. The number of benzene rings is 2. The summed E-state index contributed by atoms with van der Waals surface area (Å²) in [4.78, 5) is 9.26. The summed E-state index contributed by atoms with van der Waals surface area (Å²) in [6.07, 6.45) is 0.899. The Labute approximate surface area is 145 Å². The zero-order valence-corrected chi connectivity index (χ0v) is 13.7. The molecule has 2 aromatic carbocycles. The van der Waals surface area contributed by atoms with E-state index in [1.807, 2.05) is 24.3 Å². The third-order valence-electron chi connectivity index (χ3n) is 4.85. The molecule has 2 N–H and O–H groups in total. The summed E-state index contributed by atoms with van der Waals surface area (Å²) in [5, 5.41) is 1.09. The number of rotatable bonds is 2. The average molecular weight is 330 g/mol. The van der Waals surface area contributed by atoms with Gasteiger partial charge in [-0.3, -0.25) is 0 Å². The van der Waals surface area contributed by atoms with Crippen LogP contribution in [0.25, 0.3) is 21.9 Å². The summed E-state index contributed by atoms with van der Waals surface area (Å²) in [6, 6.07) is 18.8. The van der Waals surface area contributed by atoms with Crippen LogP contribution in [0.2, 0.25) is 0 Å². The number of nitrogen functional groups attached to an aromatic ring is 1. The van der Waals surface area contributed by atoms with Crippen molar-refractivity contribution in [3.8, 4) is 0 Å². The maximum atomic E-state index is 6.20. The van der Waals surface area contributed by atoms with Gasteiger partial charge in [0.25, 0.3) is 0 Å². The Morgan fingerprint density at radius 1 is 1.04 bits per heavy atom. The van der Waals surface area contributed by atoms with Gasteiger partial charge in [0, 0.05) is 5.39 Å². The fraction of sp³-hybridized carbons (Fsp3) is 0.200. The number of aromatic nitrogens is 3. The van der Waals surface area contributed by atoms with Crippen molar-refractivity contribution in [1.29, 1.82) is 0 Å². The number of para-hydroxylation sites is 1. The molecule has 0 radical (unpaired) electrons. The van der Waals surface area contributed by atoms with Gasteiger partial charge in [0.15, 0.2) is 5.82 Å².